The van der Waals surface area contributed by atoms with Gasteiger partial charge in [0.25, 0.3) is 0 Å². The van der Waals surface area contributed by atoms with E-state index in [1.165, 1.54) is 0 Å². The largest absolute Gasteiger partial charge is 0.396 e. The highest BCUT2D eigenvalue weighted by Gasteiger charge is 2.45. The van der Waals surface area contributed by atoms with E-state index in [9.17, 15) is 0 Å². The van der Waals surface area contributed by atoms with Crippen LogP contribution in [0.4, 0.5) is 0 Å². The molecule has 1 heterocycles. The summed E-state index contributed by atoms with van der Waals surface area (Å²) in [6.07, 6.45) is 1.85. The summed E-state index contributed by atoms with van der Waals surface area (Å²) in [6, 6.07) is 0.393. The molecule has 1 aliphatic rings. The van der Waals surface area contributed by atoms with E-state index in [0.717, 1.165) is 19.4 Å². The van der Waals surface area contributed by atoms with Gasteiger partial charge in [0, 0.05) is 12.6 Å². The van der Waals surface area contributed by atoms with Crippen LogP contribution in [-0.4, -0.2) is 35.5 Å². The zero-order valence-electron chi connectivity index (χ0n) is 9.76. The summed E-state index contributed by atoms with van der Waals surface area (Å²) in [5, 5.41) is 12.1. The minimum Gasteiger partial charge on any atom is -0.396 e. The van der Waals surface area contributed by atoms with Gasteiger partial charge in [-0.3, -0.25) is 0 Å². The molecular formula is C11H23NO2. The van der Waals surface area contributed by atoms with E-state index < -0.39 is 0 Å². The fraction of sp³-hybridized carbons (Fsp3) is 1.00. The van der Waals surface area contributed by atoms with Crippen LogP contribution in [0.25, 0.3) is 0 Å². The first-order chi connectivity index (χ1) is 6.37. The van der Waals surface area contributed by atoms with Crippen molar-refractivity contribution in [3.05, 3.63) is 0 Å². The molecule has 1 rings (SSSR count). The average molecular weight is 201 g/mol. The molecule has 0 aliphatic carbocycles. The third kappa shape index (κ3) is 2.94. The van der Waals surface area contributed by atoms with Crippen LogP contribution in [0.5, 0.6) is 0 Å². The first-order valence-corrected chi connectivity index (χ1v) is 5.42. The molecule has 0 amide bonds. The zero-order valence-corrected chi connectivity index (χ0v) is 9.76. The lowest BCUT2D eigenvalue weighted by atomic mass is 9.94. The molecule has 2 N–H and O–H groups in total. The van der Waals surface area contributed by atoms with Gasteiger partial charge in [-0.1, -0.05) is 0 Å². The molecule has 14 heavy (non-hydrogen) atoms. The van der Waals surface area contributed by atoms with Crippen molar-refractivity contribution < 1.29 is 9.84 Å². The van der Waals surface area contributed by atoms with Gasteiger partial charge in [0.2, 0.25) is 0 Å². The van der Waals surface area contributed by atoms with E-state index in [4.69, 9.17) is 9.84 Å². The van der Waals surface area contributed by atoms with Crippen molar-refractivity contribution in [2.45, 2.75) is 57.8 Å². The Morgan fingerprint density at radius 1 is 1.36 bits per heavy atom. The minimum absolute atomic E-state index is 0.0274. The monoisotopic (exact) mass is 201 g/mol. The van der Waals surface area contributed by atoms with Gasteiger partial charge in [-0.15, -0.1) is 0 Å². The van der Waals surface area contributed by atoms with E-state index >= 15 is 0 Å². The van der Waals surface area contributed by atoms with Crippen molar-refractivity contribution in [1.82, 2.24) is 5.32 Å². The molecule has 0 radical (unpaired) electrons. The number of aliphatic hydroxyl groups excluding tert-OH is 1. The maximum absolute atomic E-state index is 8.70. The Morgan fingerprint density at radius 2 is 2.00 bits per heavy atom. The summed E-state index contributed by atoms with van der Waals surface area (Å²) in [5.41, 5.74) is -0.126. The number of hydrogen-bond acceptors (Lipinski definition) is 3. The molecule has 0 aromatic rings. The Balaban J connectivity index is 2.44. The van der Waals surface area contributed by atoms with Gasteiger partial charge in [0.15, 0.2) is 0 Å². The molecule has 0 saturated carbocycles. The molecule has 0 aromatic carbocycles. The second-order valence-corrected chi connectivity index (χ2v) is 5.25. The standard InChI is InChI=1S/C11H23NO2/c1-10(2)8-9(11(3,4)14-10)12-6-5-7-13/h9,12-13H,5-8H2,1-4H3/t9-/m0/s1. The molecule has 0 unspecified atom stereocenters. The molecule has 1 saturated heterocycles. The number of ether oxygens (including phenoxy) is 1. The van der Waals surface area contributed by atoms with Crippen molar-refractivity contribution >= 4 is 0 Å². The second-order valence-electron chi connectivity index (χ2n) is 5.25. The van der Waals surface area contributed by atoms with E-state index in [0.29, 0.717) is 6.04 Å². The van der Waals surface area contributed by atoms with Crippen LogP contribution in [0.15, 0.2) is 0 Å². The molecule has 0 bridgehead atoms. The normalized spacial score (nSPS) is 29.4. The van der Waals surface area contributed by atoms with E-state index in [1.54, 1.807) is 0 Å². The lowest BCUT2D eigenvalue weighted by Gasteiger charge is -2.27. The van der Waals surface area contributed by atoms with Crippen molar-refractivity contribution in [3.8, 4) is 0 Å². The van der Waals surface area contributed by atoms with Crippen molar-refractivity contribution in [1.29, 1.82) is 0 Å². The summed E-state index contributed by atoms with van der Waals surface area (Å²) < 4.78 is 5.95. The first kappa shape index (κ1) is 12.0. The number of aliphatic hydroxyl groups is 1. The fourth-order valence-electron chi connectivity index (χ4n) is 2.24. The van der Waals surface area contributed by atoms with Crippen LogP contribution >= 0.6 is 0 Å². The van der Waals surface area contributed by atoms with Crippen LogP contribution in [0.2, 0.25) is 0 Å². The summed E-state index contributed by atoms with van der Waals surface area (Å²) in [6.45, 7) is 9.62. The van der Waals surface area contributed by atoms with Gasteiger partial charge in [0.05, 0.1) is 11.2 Å². The summed E-state index contributed by atoms with van der Waals surface area (Å²) >= 11 is 0. The van der Waals surface area contributed by atoms with Gasteiger partial charge >= 0.3 is 0 Å². The molecular weight excluding hydrogens is 178 g/mol. The number of nitrogens with one attached hydrogen (secondary N) is 1. The second kappa shape index (κ2) is 4.17. The quantitative estimate of drug-likeness (QED) is 0.674. The molecule has 1 fully saturated rings. The zero-order chi connectivity index (χ0) is 10.8. The van der Waals surface area contributed by atoms with Crippen LogP contribution < -0.4 is 5.32 Å². The molecule has 0 aromatic heterocycles. The third-order valence-corrected chi connectivity index (χ3v) is 2.80. The highest BCUT2D eigenvalue weighted by atomic mass is 16.5. The Kier molecular flexibility index (Phi) is 3.56. The van der Waals surface area contributed by atoms with Crippen molar-refractivity contribution in [3.63, 3.8) is 0 Å². The lowest BCUT2D eigenvalue weighted by molar-refractivity contribution is -0.0698. The highest BCUT2D eigenvalue weighted by molar-refractivity contribution is 4.98. The number of hydrogen-bond donors (Lipinski definition) is 2. The van der Waals surface area contributed by atoms with Crippen LogP contribution in [0.3, 0.4) is 0 Å². The van der Waals surface area contributed by atoms with Gasteiger partial charge in [0.1, 0.15) is 0 Å². The van der Waals surface area contributed by atoms with Crippen LogP contribution in [0.1, 0.15) is 40.5 Å². The average Bonchev–Trinajstić information content (AvgIpc) is 2.20. The Morgan fingerprint density at radius 3 is 2.43 bits per heavy atom. The van der Waals surface area contributed by atoms with Crippen molar-refractivity contribution in [2.24, 2.45) is 0 Å². The summed E-state index contributed by atoms with van der Waals surface area (Å²) in [5.74, 6) is 0. The van der Waals surface area contributed by atoms with Gasteiger partial charge in [-0.05, 0) is 47.1 Å². The molecule has 1 aliphatic heterocycles. The van der Waals surface area contributed by atoms with E-state index in [-0.39, 0.29) is 17.8 Å². The maximum Gasteiger partial charge on any atom is 0.0787 e. The van der Waals surface area contributed by atoms with Crippen LogP contribution in [-0.2, 0) is 4.74 Å². The molecule has 84 valence electrons. The SMILES string of the molecule is CC1(C)C[C@H](NCCCO)C(C)(C)O1. The molecule has 3 heteroatoms. The summed E-state index contributed by atoms with van der Waals surface area (Å²) in [7, 11) is 0. The van der Waals surface area contributed by atoms with Crippen molar-refractivity contribution in [2.75, 3.05) is 13.2 Å². The lowest BCUT2D eigenvalue weighted by Crippen LogP contribution is -2.43. The number of rotatable bonds is 4. The first-order valence-electron chi connectivity index (χ1n) is 5.42. The van der Waals surface area contributed by atoms with E-state index in [2.05, 4.69) is 33.0 Å². The fourth-order valence-corrected chi connectivity index (χ4v) is 2.24. The van der Waals surface area contributed by atoms with Crippen LogP contribution in [0, 0.1) is 0 Å². The maximum atomic E-state index is 8.70. The smallest absolute Gasteiger partial charge is 0.0787 e. The molecule has 3 nitrogen and oxygen atoms in total. The van der Waals surface area contributed by atoms with E-state index in [1.807, 2.05) is 0 Å². The van der Waals surface area contributed by atoms with Gasteiger partial charge in [-0.2, -0.15) is 0 Å². The van der Waals surface area contributed by atoms with Gasteiger partial charge in [-0.25, -0.2) is 0 Å². The summed E-state index contributed by atoms with van der Waals surface area (Å²) in [4.78, 5) is 0. The Labute approximate surface area is 86.8 Å². The topological polar surface area (TPSA) is 41.5 Å². The Bertz CT molecular complexity index is 190. The predicted molar refractivity (Wildman–Crippen MR) is 57.4 cm³/mol. The molecule has 1 atom stereocenters. The Hall–Kier alpha value is -0.120. The highest BCUT2D eigenvalue weighted by Crippen LogP contribution is 2.37. The minimum atomic E-state index is -0.0983. The van der Waals surface area contributed by atoms with Gasteiger partial charge < -0.3 is 15.2 Å². The third-order valence-electron chi connectivity index (χ3n) is 2.80. The predicted octanol–water partition coefficient (Wildman–Crippen LogP) is 1.30. The molecule has 0 spiro atoms.